The average molecular weight is 376 g/mol. The number of anilines is 1. The highest BCUT2D eigenvalue weighted by molar-refractivity contribution is 7.92. The fourth-order valence-corrected chi connectivity index (χ4v) is 3.28. The summed E-state index contributed by atoms with van der Waals surface area (Å²) in [6, 6.07) is 12.4. The summed E-state index contributed by atoms with van der Waals surface area (Å²) in [7, 11) is -3.43. The molecule has 2 aromatic rings. The molecular weight excluding hydrogens is 355 g/mol. The van der Waals surface area contributed by atoms with Gasteiger partial charge in [-0.15, -0.1) is 6.58 Å². The van der Waals surface area contributed by atoms with Crippen LogP contribution in [-0.4, -0.2) is 33.7 Å². The number of sulfonamides is 1. The van der Waals surface area contributed by atoms with Crippen LogP contribution in [0.5, 0.6) is 0 Å². The molecule has 5 nitrogen and oxygen atoms in total. The predicted molar refractivity (Wildman–Crippen MR) is 101 cm³/mol. The summed E-state index contributed by atoms with van der Waals surface area (Å²) in [5.74, 6) is -0.550. The van der Waals surface area contributed by atoms with Gasteiger partial charge in [-0.25, -0.2) is 12.8 Å². The van der Waals surface area contributed by atoms with Crippen molar-refractivity contribution in [1.82, 2.24) is 5.32 Å². The van der Waals surface area contributed by atoms with Crippen LogP contribution < -0.4 is 9.62 Å². The molecule has 0 heterocycles. The Hall–Kier alpha value is -2.67. The highest BCUT2D eigenvalue weighted by atomic mass is 32.2. The molecule has 1 N–H and O–H groups in total. The highest BCUT2D eigenvalue weighted by Crippen LogP contribution is 2.18. The maximum atomic E-state index is 12.9. The van der Waals surface area contributed by atoms with E-state index in [1.165, 1.54) is 22.5 Å². The smallest absolute Gasteiger partial charge is 0.251 e. The first-order chi connectivity index (χ1) is 12.3. The van der Waals surface area contributed by atoms with E-state index in [-0.39, 0.29) is 18.3 Å². The Kier molecular flexibility index (Phi) is 6.52. The molecule has 0 fully saturated rings. The lowest BCUT2D eigenvalue weighted by Gasteiger charge is -2.20. The van der Waals surface area contributed by atoms with Crippen molar-refractivity contribution < 1.29 is 17.6 Å². The average Bonchev–Trinajstić information content (AvgIpc) is 2.60. The van der Waals surface area contributed by atoms with Crippen molar-refractivity contribution in [3.05, 3.63) is 78.1 Å². The van der Waals surface area contributed by atoms with Gasteiger partial charge in [0, 0.05) is 12.1 Å². The van der Waals surface area contributed by atoms with E-state index >= 15 is 0 Å². The molecule has 0 bridgehead atoms. The van der Waals surface area contributed by atoms with Gasteiger partial charge in [-0.1, -0.05) is 18.2 Å². The van der Waals surface area contributed by atoms with Gasteiger partial charge in [0.15, 0.2) is 0 Å². The van der Waals surface area contributed by atoms with E-state index in [1.54, 1.807) is 36.4 Å². The largest absolute Gasteiger partial charge is 0.352 e. The van der Waals surface area contributed by atoms with Crippen LogP contribution in [0, 0.1) is 5.82 Å². The minimum absolute atomic E-state index is 0.155. The fraction of sp³-hybridized carbons (Fsp3) is 0.211. The standard InChI is InChI=1S/C19H21FN2O3S/c1-3-14-22(26(2,24)25)18-10-6-16(7-11-18)19(23)21-13-12-15-4-8-17(20)9-5-15/h3-11H,1,12-14H2,2H3,(H,21,23). The number of amides is 1. The zero-order valence-electron chi connectivity index (χ0n) is 14.5. The maximum absolute atomic E-state index is 12.9. The van der Waals surface area contributed by atoms with E-state index in [4.69, 9.17) is 0 Å². The summed E-state index contributed by atoms with van der Waals surface area (Å²) in [4.78, 5) is 12.2. The summed E-state index contributed by atoms with van der Waals surface area (Å²) in [6.45, 7) is 4.13. The van der Waals surface area contributed by atoms with Crippen LogP contribution in [0.15, 0.2) is 61.2 Å². The highest BCUT2D eigenvalue weighted by Gasteiger charge is 2.16. The van der Waals surface area contributed by atoms with Gasteiger partial charge >= 0.3 is 0 Å². The van der Waals surface area contributed by atoms with Crippen LogP contribution in [0.2, 0.25) is 0 Å². The van der Waals surface area contributed by atoms with Crippen molar-refractivity contribution >= 4 is 21.6 Å². The van der Waals surface area contributed by atoms with Crippen molar-refractivity contribution in [2.75, 3.05) is 23.7 Å². The Morgan fingerprint density at radius 1 is 1.15 bits per heavy atom. The lowest BCUT2D eigenvalue weighted by atomic mass is 10.1. The number of hydrogen-bond donors (Lipinski definition) is 1. The monoisotopic (exact) mass is 376 g/mol. The second kappa shape index (κ2) is 8.62. The lowest BCUT2D eigenvalue weighted by molar-refractivity contribution is 0.0954. The Bertz CT molecular complexity index is 863. The normalized spacial score (nSPS) is 11.0. The summed E-state index contributed by atoms with van der Waals surface area (Å²) in [6.07, 6.45) is 3.20. The molecule has 0 aliphatic rings. The van der Waals surface area contributed by atoms with Crippen molar-refractivity contribution in [3.8, 4) is 0 Å². The minimum Gasteiger partial charge on any atom is -0.352 e. The summed E-state index contributed by atoms with van der Waals surface area (Å²) >= 11 is 0. The molecule has 0 aromatic heterocycles. The zero-order valence-corrected chi connectivity index (χ0v) is 15.3. The van der Waals surface area contributed by atoms with E-state index < -0.39 is 10.0 Å². The third kappa shape index (κ3) is 5.42. The molecule has 0 unspecified atom stereocenters. The summed E-state index contributed by atoms with van der Waals surface area (Å²) in [5.41, 5.74) is 1.82. The first kappa shape index (κ1) is 19.7. The quantitative estimate of drug-likeness (QED) is 0.721. The van der Waals surface area contributed by atoms with Crippen molar-refractivity contribution in [2.24, 2.45) is 0 Å². The van der Waals surface area contributed by atoms with Gasteiger partial charge < -0.3 is 5.32 Å². The van der Waals surface area contributed by atoms with Gasteiger partial charge in [-0.2, -0.15) is 0 Å². The second-order valence-electron chi connectivity index (χ2n) is 5.76. The molecule has 0 spiro atoms. The Morgan fingerprint density at radius 2 is 1.77 bits per heavy atom. The number of benzene rings is 2. The first-order valence-corrected chi connectivity index (χ1v) is 9.87. The van der Waals surface area contributed by atoms with E-state index in [1.807, 2.05) is 0 Å². The van der Waals surface area contributed by atoms with Crippen LogP contribution >= 0.6 is 0 Å². The van der Waals surface area contributed by atoms with Gasteiger partial charge in [-0.3, -0.25) is 9.10 Å². The number of rotatable bonds is 8. The molecule has 0 saturated heterocycles. The molecule has 0 aliphatic carbocycles. The molecule has 1 amide bonds. The Balaban J connectivity index is 1.97. The molecule has 138 valence electrons. The third-order valence-corrected chi connectivity index (χ3v) is 4.89. The molecule has 2 rings (SSSR count). The van der Waals surface area contributed by atoms with Crippen LogP contribution in [0.4, 0.5) is 10.1 Å². The van der Waals surface area contributed by atoms with Crippen LogP contribution in [0.3, 0.4) is 0 Å². The number of nitrogens with zero attached hydrogens (tertiary/aromatic N) is 1. The maximum Gasteiger partial charge on any atom is 0.251 e. The van der Waals surface area contributed by atoms with E-state index in [0.717, 1.165) is 11.8 Å². The van der Waals surface area contributed by atoms with Crippen molar-refractivity contribution in [1.29, 1.82) is 0 Å². The van der Waals surface area contributed by atoms with Crippen molar-refractivity contribution in [2.45, 2.75) is 6.42 Å². The molecular formula is C19H21FN2O3S. The topological polar surface area (TPSA) is 66.5 Å². The van der Waals surface area contributed by atoms with Gasteiger partial charge in [0.25, 0.3) is 5.91 Å². The predicted octanol–water partition coefficient (Wildman–Crippen LogP) is 2.75. The lowest BCUT2D eigenvalue weighted by Crippen LogP contribution is -2.30. The molecule has 0 saturated carbocycles. The van der Waals surface area contributed by atoms with Gasteiger partial charge in [0.05, 0.1) is 18.5 Å². The Labute approximate surface area is 153 Å². The zero-order chi connectivity index (χ0) is 19.2. The molecule has 0 radical (unpaired) electrons. The SMILES string of the molecule is C=CCN(c1ccc(C(=O)NCCc2ccc(F)cc2)cc1)S(C)(=O)=O. The number of carbonyl (C=O) groups excluding carboxylic acids is 1. The van der Waals surface area contributed by atoms with Crippen LogP contribution in [0.1, 0.15) is 15.9 Å². The number of nitrogens with one attached hydrogen (secondary N) is 1. The summed E-state index contributed by atoms with van der Waals surface area (Å²) in [5, 5.41) is 2.79. The molecule has 0 atom stereocenters. The van der Waals surface area contributed by atoms with Crippen LogP contribution in [-0.2, 0) is 16.4 Å². The second-order valence-corrected chi connectivity index (χ2v) is 7.67. The molecule has 26 heavy (non-hydrogen) atoms. The summed E-state index contributed by atoms with van der Waals surface area (Å²) < 4.78 is 37.7. The molecule has 7 heteroatoms. The molecule has 2 aromatic carbocycles. The Morgan fingerprint density at radius 3 is 2.31 bits per heavy atom. The first-order valence-electron chi connectivity index (χ1n) is 8.02. The fourth-order valence-electron chi connectivity index (χ4n) is 2.40. The number of carbonyl (C=O) groups is 1. The number of halogens is 1. The van der Waals surface area contributed by atoms with Gasteiger partial charge in [0.1, 0.15) is 5.82 Å². The van der Waals surface area contributed by atoms with E-state index in [9.17, 15) is 17.6 Å². The van der Waals surface area contributed by atoms with Crippen molar-refractivity contribution in [3.63, 3.8) is 0 Å². The third-order valence-electron chi connectivity index (χ3n) is 3.73. The number of hydrogen-bond acceptors (Lipinski definition) is 3. The van der Waals surface area contributed by atoms with Gasteiger partial charge in [0.2, 0.25) is 10.0 Å². The molecule has 0 aliphatic heterocycles. The van der Waals surface area contributed by atoms with Crippen LogP contribution in [0.25, 0.3) is 0 Å². The van der Waals surface area contributed by atoms with E-state index in [0.29, 0.717) is 24.2 Å². The van der Waals surface area contributed by atoms with Gasteiger partial charge in [-0.05, 0) is 48.4 Å². The minimum atomic E-state index is -3.43. The van der Waals surface area contributed by atoms with E-state index in [2.05, 4.69) is 11.9 Å².